The number of anilines is 1. The minimum atomic E-state index is -4.94. The zero-order chi connectivity index (χ0) is 30.5. The predicted molar refractivity (Wildman–Crippen MR) is 146 cm³/mol. The summed E-state index contributed by atoms with van der Waals surface area (Å²) in [7, 11) is 0. The molecule has 2 aliphatic heterocycles. The van der Waals surface area contributed by atoms with Gasteiger partial charge in [0, 0.05) is 31.4 Å². The maximum Gasteiger partial charge on any atom is 0.435 e. The van der Waals surface area contributed by atoms with E-state index in [1.807, 2.05) is 0 Å². The van der Waals surface area contributed by atoms with E-state index in [1.54, 1.807) is 42.6 Å². The van der Waals surface area contributed by atoms with Gasteiger partial charge in [-0.3, -0.25) is 19.6 Å². The molecule has 2 aromatic carbocycles. The summed E-state index contributed by atoms with van der Waals surface area (Å²) >= 11 is 5.96. The van der Waals surface area contributed by atoms with Gasteiger partial charge >= 0.3 is 12.3 Å². The molecule has 1 spiro atoms. The molecule has 2 amide bonds. The molecule has 0 aliphatic carbocycles. The van der Waals surface area contributed by atoms with Crippen molar-refractivity contribution in [3.8, 4) is 0 Å². The first kappa shape index (κ1) is 28.5. The van der Waals surface area contributed by atoms with Crippen molar-refractivity contribution >= 4 is 29.3 Å². The van der Waals surface area contributed by atoms with Gasteiger partial charge in [0.1, 0.15) is 0 Å². The highest BCUT2D eigenvalue weighted by molar-refractivity contribution is 6.31. The van der Waals surface area contributed by atoms with Crippen LogP contribution in [0.2, 0.25) is 5.02 Å². The number of pyridine rings is 1. The van der Waals surface area contributed by atoms with Crippen molar-refractivity contribution in [2.24, 2.45) is 0 Å². The van der Waals surface area contributed by atoms with E-state index >= 15 is 4.39 Å². The molecular formula is C29H22ClF4N5O4. The van der Waals surface area contributed by atoms with Crippen LogP contribution in [0, 0.1) is 5.82 Å². The minimum Gasteiger partial charge on any atom is -0.436 e. The number of hydrogen-bond donors (Lipinski definition) is 1. The van der Waals surface area contributed by atoms with Crippen LogP contribution < -0.4 is 10.9 Å². The molecule has 0 saturated carbocycles. The summed E-state index contributed by atoms with van der Waals surface area (Å²) < 4.78 is 65.1. The highest BCUT2D eigenvalue weighted by atomic mass is 35.5. The van der Waals surface area contributed by atoms with Crippen LogP contribution in [0.4, 0.5) is 28.0 Å². The van der Waals surface area contributed by atoms with E-state index in [0.717, 1.165) is 21.3 Å². The van der Waals surface area contributed by atoms with E-state index in [4.69, 9.17) is 16.3 Å². The maximum absolute atomic E-state index is 15.1. The Morgan fingerprint density at radius 1 is 1.05 bits per heavy atom. The Labute approximate surface area is 246 Å². The summed E-state index contributed by atoms with van der Waals surface area (Å²) in [5, 5.41) is 5.83. The first-order chi connectivity index (χ1) is 20.4. The lowest BCUT2D eigenvalue weighted by atomic mass is 9.89. The Hall–Kier alpha value is -4.65. The molecule has 4 heterocycles. The summed E-state index contributed by atoms with van der Waals surface area (Å²) in [6.07, 6.45) is -3.19. The van der Waals surface area contributed by atoms with Crippen molar-refractivity contribution in [3.63, 3.8) is 0 Å². The maximum atomic E-state index is 15.1. The molecular weight excluding hydrogens is 594 g/mol. The van der Waals surface area contributed by atoms with Gasteiger partial charge < -0.3 is 14.2 Å². The number of carbonyl (C=O) groups excluding carboxylic acids is 2. The Morgan fingerprint density at radius 3 is 2.47 bits per heavy atom. The van der Waals surface area contributed by atoms with E-state index in [-0.39, 0.29) is 47.9 Å². The lowest BCUT2D eigenvalue weighted by molar-refractivity contribution is -0.141. The van der Waals surface area contributed by atoms with Gasteiger partial charge in [-0.15, -0.1) is 0 Å². The van der Waals surface area contributed by atoms with Gasteiger partial charge in [0.2, 0.25) is 0 Å². The number of benzene rings is 2. The molecule has 0 bridgehead atoms. The van der Waals surface area contributed by atoms with Crippen molar-refractivity contribution in [3.05, 3.63) is 116 Å². The highest BCUT2D eigenvalue weighted by Crippen LogP contribution is 2.46. The molecule has 9 nitrogen and oxygen atoms in total. The van der Waals surface area contributed by atoms with Crippen LogP contribution in [0.1, 0.15) is 39.2 Å². The number of hydrogen-bond acceptors (Lipinski definition) is 5. The Balaban J connectivity index is 1.24. The van der Waals surface area contributed by atoms with Gasteiger partial charge in [0.15, 0.2) is 17.1 Å². The fourth-order valence-corrected chi connectivity index (χ4v) is 5.63. The SMILES string of the molecule is O=C1Nc2ccc(Cl)c(F)c2[C@]2(CCN(C(=O)c3cn(Cc4ccc(Cn5ccccc5=O)cc4)nc3C(F)(F)F)C2)O1. The number of aromatic nitrogens is 3. The zero-order valence-corrected chi connectivity index (χ0v) is 23.0. The molecule has 2 aliphatic rings. The molecule has 4 aromatic rings. The van der Waals surface area contributed by atoms with Crippen LogP contribution in [0.5, 0.6) is 0 Å². The smallest absolute Gasteiger partial charge is 0.435 e. The van der Waals surface area contributed by atoms with Crippen LogP contribution in [0.3, 0.4) is 0 Å². The minimum absolute atomic E-state index is 0.0483. The number of nitrogens with zero attached hydrogens (tertiary/aromatic N) is 4. The first-order valence-electron chi connectivity index (χ1n) is 13.1. The molecule has 1 N–H and O–H groups in total. The Kier molecular flexibility index (Phi) is 6.99. The summed E-state index contributed by atoms with van der Waals surface area (Å²) in [6, 6.07) is 14.4. The van der Waals surface area contributed by atoms with E-state index < -0.39 is 40.9 Å². The van der Waals surface area contributed by atoms with Crippen LogP contribution in [-0.2, 0) is 29.6 Å². The summed E-state index contributed by atoms with van der Waals surface area (Å²) in [6.45, 7) is -0.224. The van der Waals surface area contributed by atoms with Gasteiger partial charge in [-0.05, 0) is 29.3 Å². The van der Waals surface area contributed by atoms with Gasteiger partial charge in [-0.1, -0.05) is 41.9 Å². The third kappa shape index (κ3) is 5.36. The summed E-state index contributed by atoms with van der Waals surface area (Å²) in [4.78, 5) is 38.8. The topological polar surface area (TPSA) is 98.5 Å². The lowest BCUT2D eigenvalue weighted by Gasteiger charge is -2.35. The highest BCUT2D eigenvalue weighted by Gasteiger charge is 2.51. The number of halogens is 5. The van der Waals surface area contributed by atoms with Gasteiger partial charge in [-0.2, -0.15) is 18.3 Å². The van der Waals surface area contributed by atoms with Crippen LogP contribution in [0.15, 0.2) is 71.8 Å². The quantitative estimate of drug-likeness (QED) is 0.309. The second-order valence-electron chi connectivity index (χ2n) is 10.3. The average Bonchev–Trinajstić information content (AvgIpc) is 3.58. The summed E-state index contributed by atoms with van der Waals surface area (Å²) in [5.41, 5.74) is -2.37. The second-order valence-corrected chi connectivity index (χ2v) is 10.7. The lowest BCUT2D eigenvalue weighted by Crippen LogP contribution is -2.43. The van der Waals surface area contributed by atoms with Gasteiger partial charge in [0.25, 0.3) is 11.5 Å². The third-order valence-electron chi connectivity index (χ3n) is 7.47. The van der Waals surface area contributed by atoms with Crippen molar-refractivity contribution in [1.82, 2.24) is 19.2 Å². The number of amides is 2. The molecule has 1 fully saturated rings. The fourth-order valence-electron chi connectivity index (χ4n) is 5.47. The van der Waals surface area contributed by atoms with Gasteiger partial charge in [0.05, 0.1) is 41.5 Å². The normalized spacial score (nSPS) is 18.0. The Bertz CT molecular complexity index is 1800. The molecule has 1 saturated heterocycles. The molecule has 222 valence electrons. The van der Waals surface area contributed by atoms with E-state index in [0.29, 0.717) is 12.1 Å². The third-order valence-corrected chi connectivity index (χ3v) is 7.77. The fraction of sp³-hybridized carbons (Fsp3) is 0.241. The largest absolute Gasteiger partial charge is 0.436 e. The number of rotatable bonds is 5. The average molecular weight is 616 g/mol. The van der Waals surface area contributed by atoms with E-state index in [1.165, 1.54) is 22.8 Å². The van der Waals surface area contributed by atoms with Gasteiger partial charge in [-0.25, -0.2) is 9.18 Å². The van der Waals surface area contributed by atoms with E-state index in [9.17, 15) is 27.6 Å². The number of likely N-dealkylation sites (tertiary alicyclic amines) is 1. The van der Waals surface area contributed by atoms with Crippen molar-refractivity contribution < 1.29 is 31.9 Å². The summed E-state index contributed by atoms with van der Waals surface area (Å²) in [5.74, 6) is -1.84. The molecule has 1 atom stereocenters. The van der Waals surface area contributed by atoms with Crippen molar-refractivity contribution in [2.45, 2.75) is 31.3 Å². The molecule has 2 aromatic heterocycles. The first-order valence-corrected chi connectivity index (χ1v) is 13.5. The Morgan fingerprint density at radius 2 is 1.77 bits per heavy atom. The zero-order valence-electron chi connectivity index (χ0n) is 22.2. The van der Waals surface area contributed by atoms with Crippen LogP contribution in [-0.4, -0.2) is 44.3 Å². The molecule has 43 heavy (non-hydrogen) atoms. The van der Waals surface area contributed by atoms with Crippen LogP contribution >= 0.6 is 11.6 Å². The second kappa shape index (κ2) is 10.6. The number of ether oxygens (including phenoxy) is 1. The number of alkyl halides is 3. The van der Waals surface area contributed by atoms with Crippen molar-refractivity contribution in [1.29, 1.82) is 0 Å². The number of nitrogens with one attached hydrogen (secondary N) is 1. The van der Waals surface area contributed by atoms with Crippen molar-refractivity contribution in [2.75, 3.05) is 18.4 Å². The molecule has 6 rings (SSSR count). The predicted octanol–water partition coefficient (Wildman–Crippen LogP) is 5.26. The van der Waals surface area contributed by atoms with E-state index in [2.05, 4.69) is 10.4 Å². The monoisotopic (exact) mass is 615 g/mol. The molecule has 14 heteroatoms. The number of carbonyl (C=O) groups is 2. The molecule has 0 unspecified atom stereocenters. The number of fused-ring (bicyclic) bond motifs is 2. The molecule has 0 radical (unpaired) electrons. The standard InChI is InChI=1S/C29H22ClF4N5O4/c30-20-8-9-21-23(24(20)31)28(43-27(42)35-21)10-12-38(16-28)26(41)19-15-39(36-25(19)29(32,33)34)14-18-6-4-17(5-7-18)13-37-11-2-1-3-22(37)40/h1-9,11,15H,10,12-14,16H2,(H,35,42)/t28-/m1/s1. The van der Waals surface area contributed by atoms with Crippen LogP contribution in [0.25, 0.3) is 0 Å².